The van der Waals surface area contributed by atoms with Crippen LogP contribution in [0.3, 0.4) is 0 Å². The van der Waals surface area contributed by atoms with E-state index in [-0.39, 0.29) is 9.73 Å². The van der Waals surface area contributed by atoms with E-state index in [1.165, 1.54) is 34.4 Å². The van der Waals surface area contributed by atoms with Crippen molar-refractivity contribution in [2.75, 3.05) is 0 Å². The summed E-state index contributed by atoms with van der Waals surface area (Å²) in [4.78, 5) is 5.92. The lowest BCUT2D eigenvalue weighted by atomic mass is 10.1. The average molecular weight is 541 g/mol. The van der Waals surface area contributed by atoms with Crippen LogP contribution in [0.1, 0.15) is 20.3 Å². The molecule has 2 atom stereocenters. The lowest BCUT2D eigenvalue weighted by molar-refractivity contribution is 0.624. The predicted octanol–water partition coefficient (Wildman–Crippen LogP) is 5.90. The summed E-state index contributed by atoms with van der Waals surface area (Å²) in [6, 6.07) is 15.7. The van der Waals surface area contributed by atoms with E-state index in [1.807, 2.05) is 59.3 Å². The van der Waals surface area contributed by atoms with Crippen LogP contribution in [0.4, 0.5) is 0 Å². The van der Waals surface area contributed by atoms with E-state index >= 15 is 0 Å². The van der Waals surface area contributed by atoms with Gasteiger partial charge in [-0.2, -0.15) is 16.8 Å². The molecule has 4 aromatic heterocycles. The Balaban J connectivity index is 1.59. The van der Waals surface area contributed by atoms with Crippen molar-refractivity contribution >= 4 is 87.4 Å². The molecule has 0 N–H and O–H groups in total. The second kappa shape index (κ2) is 8.81. The Hall–Kier alpha value is -1.47. The Kier molecular flexibility index (Phi) is 6.08. The van der Waals surface area contributed by atoms with Gasteiger partial charge >= 0.3 is 0 Å². The minimum absolute atomic E-state index is 0.0333. The molecule has 158 valence electrons. The molecule has 1 aliphatic heterocycles. The Labute approximate surface area is 201 Å². The second-order valence-corrected chi connectivity index (χ2v) is 13.6. The zero-order valence-electron chi connectivity index (χ0n) is 15.4. The first kappa shape index (κ1) is 21.4. The van der Waals surface area contributed by atoms with Crippen molar-refractivity contribution in [3.05, 3.63) is 69.0 Å². The highest BCUT2D eigenvalue weighted by Gasteiger charge is 2.43. The molecule has 1 aliphatic rings. The highest BCUT2D eigenvalue weighted by Crippen LogP contribution is 2.53. The van der Waals surface area contributed by atoms with E-state index in [0.717, 1.165) is 29.3 Å². The maximum atomic E-state index is 12.2. The fourth-order valence-corrected chi connectivity index (χ4v) is 11.5. The number of thioether (sulfide) groups is 1. The molecule has 0 aliphatic carbocycles. The van der Waals surface area contributed by atoms with Crippen LogP contribution >= 0.6 is 57.1 Å². The van der Waals surface area contributed by atoms with Gasteiger partial charge in [-0.25, -0.2) is 0 Å². The van der Waals surface area contributed by atoms with E-state index in [2.05, 4.69) is 0 Å². The van der Waals surface area contributed by atoms with Crippen LogP contribution in [0.2, 0.25) is 0 Å². The largest absolute Gasteiger partial charge is 0.220 e. The number of thiophene rings is 4. The second-order valence-electron chi connectivity index (χ2n) is 6.45. The minimum atomic E-state index is -2.64. The van der Waals surface area contributed by atoms with Crippen molar-refractivity contribution in [1.29, 1.82) is 0 Å². The van der Waals surface area contributed by atoms with Crippen molar-refractivity contribution in [3.8, 4) is 19.5 Å². The number of rotatable bonds is 4. The molecule has 4 aromatic rings. The summed E-state index contributed by atoms with van der Waals surface area (Å²) < 4.78 is 48.7. The van der Waals surface area contributed by atoms with Crippen LogP contribution in [0.25, 0.3) is 19.5 Å². The molecular formula is C20H12O4S7. The Morgan fingerprint density at radius 2 is 1.03 bits per heavy atom. The Morgan fingerprint density at radius 1 is 0.581 bits per heavy atom. The maximum Gasteiger partial charge on any atom is 0.220 e. The van der Waals surface area contributed by atoms with Crippen LogP contribution in [0.5, 0.6) is 0 Å². The topological polar surface area (TPSA) is 68.3 Å². The standard InChI is InChI=1S/C20H12O4S7/c21-30(22)19-17(15-7-5-13(27-15)11-3-1-9-25-11)29-18(20(19)31(23)24)16-8-6-14(28-16)12-4-2-10-26-12/h1-10,17-18H. The molecule has 4 nitrogen and oxygen atoms in total. The van der Waals surface area contributed by atoms with Gasteiger partial charge in [-0.3, -0.25) is 0 Å². The third-order valence-corrected chi connectivity index (χ3v) is 13.0. The first-order valence-electron chi connectivity index (χ1n) is 8.88. The van der Waals surface area contributed by atoms with Gasteiger partial charge in [0, 0.05) is 29.3 Å². The van der Waals surface area contributed by atoms with Crippen molar-refractivity contribution in [1.82, 2.24) is 0 Å². The quantitative estimate of drug-likeness (QED) is 0.302. The van der Waals surface area contributed by atoms with E-state index in [4.69, 9.17) is 0 Å². The smallest absolute Gasteiger partial charge is 0.184 e. The lowest BCUT2D eigenvalue weighted by Crippen LogP contribution is -2.17. The van der Waals surface area contributed by atoms with Gasteiger partial charge < -0.3 is 0 Å². The van der Waals surface area contributed by atoms with Gasteiger partial charge in [-0.1, -0.05) is 12.1 Å². The van der Waals surface area contributed by atoms with Gasteiger partial charge in [-0.05, 0) is 47.2 Å². The summed E-state index contributed by atoms with van der Waals surface area (Å²) >= 11 is 7.63. The molecule has 1 saturated heterocycles. The van der Waals surface area contributed by atoms with E-state index in [0.29, 0.717) is 0 Å². The van der Waals surface area contributed by atoms with E-state index < -0.39 is 31.1 Å². The van der Waals surface area contributed by atoms with Crippen molar-refractivity contribution < 1.29 is 16.8 Å². The molecule has 2 unspecified atom stereocenters. The van der Waals surface area contributed by atoms with Gasteiger partial charge in [0.25, 0.3) is 0 Å². The molecule has 0 amide bonds. The Morgan fingerprint density at radius 3 is 1.39 bits per heavy atom. The van der Waals surface area contributed by atoms with Gasteiger partial charge in [0.1, 0.15) is 9.73 Å². The highest BCUT2D eigenvalue weighted by atomic mass is 32.2. The molecule has 11 heteroatoms. The number of hydrogen-bond acceptors (Lipinski definition) is 9. The summed E-state index contributed by atoms with van der Waals surface area (Å²) in [5, 5.41) is 2.91. The molecule has 1 fully saturated rings. The highest BCUT2D eigenvalue weighted by molar-refractivity contribution is 8.06. The van der Waals surface area contributed by atoms with Gasteiger partial charge in [0.05, 0.1) is 10.5 Å². The Bertz CT molecular complexity index is 1380. The first-order chi connectivity index (χ1) is 15.0. The predicted molar refractivity (Wildman–Crippen MR) is 136 cm³/mol. The molecule has 5 heterocycles. The first-order valence-corrected chi connectivity index (χ1v) is 15.4. The van der Waals surface area contributed by atoms with Crippen LogP contribution in [0.15, 0.2) is 59.3 Å². The fourth-order valence-electron chi connectivity index (χ4n) is 3.34. The lowest BCUT2D eigenvalue weighted by Gasteiger charge is -2.07. The monoisotopic (exact) mass is 540 g/mol. The fraction of sp³-hybridized carbons (Fsp3) is 0.100. The molecule has 31 heavy (non-hydrogen) atoms. The summed E-state index contributed by atoms with van der Waals surface area (Å²) in [6.45, 7) is 0. The van der Waals surface area contributed by atoms with Crippen LogP contribution in [-0.2, 0) is 20.6 Å². The normalized spacial score (nSPS) is 18.6. The molecule has 0 saturated carbocycles. The zero-order chi connectivity index (χ0) is 21.5. The summed E-state index contributed by atoms with van der Waals surface area (Å²) in [5.41, 5.74) is 0. The molecule has 0 radical (unpaired) electrons. The summed E-state index contributed by atoms with van der Waals surface area (Å²) in [7, 11) is -5.27. The number of hydrogen-bond donors (Lipinski definition) is 0. The summed E-state index contributed by atoms with van der Waals surface area (Å²) in [6.07, 6.45) is 0. The van der Waals surface area contributed by atoms with Crippen molar-refractivity contribution in [3.63, 3.8) is 0 Å². The van der Waals surface area contributed by atoms with Crippen LogP contribution in [-0.4, -0.2) is 26.6 Å². The van der Waals surface area contributed by atoms with E-state index in [1.54, 1.807) is 22.7 Å². The van der Waals surface area contributed by atoms with Gasteiger partial charge in [0.2, 0.25) is 20.6 Å². The minimum Gasteiger partial charge on any atom is -0.184 e. The van der Waals surface area contributed by atoms with E-state index in [9.17, 15) is 16.8 Å². The SMILES string of the molecule is O=S(=O)=C1C(=S(=O)=O)C(c2ccc(-c3cccs3)s2)SC1c1ccc(-c2cccs2)s1. The maximum absolute atomic E-state index is 12.2. The van der Waals surface area contributed by atoms with Crippen molar-refractivity contribution in [2.24, 2.45) is 0 Å². The molecule has 0 bridgehead atoms. The van der Waals surface area contributed by atoms with Gasteiger partial charge in [-0.15, -0.1) is 57.1 Å². The molecule has 0 spiro atoms. The molecule has 0 aromatic carbocycles. The molecule has 5 rings (SSSR count). The van der Waals surface area contributed by atoms with Gasteiger partial charge in [0.15, 0.2) is 0 Å². The molecular weight excluding hydrogens is 529 g/mol. The van der Waals surface area contributed by atoms with Crippen molar-refractivity contribution in [2.45, 2.75) is 10.5 Å². The zero-order valence-corrected chi connectivity index (χ0v) is 21.1. The van der Waals surface area contributed by atoms with Crippen LogP contribution in [0, 0.1) is 0 Å². The average Bonchev–Trinajstić information content (AvgIpc) is 3.56. The third-order valence-electron chi connectivity index (χ3n) is 4.65. The third kappa shape index (κ3) is 4.04. The summed E-state index contributed by atoms with van der Waals surface area (Å²) in [5.74, 6) is 0. The van der Waals surface area contributed by atoms with Crippen LogP contribution < -0.4 is 0 Å².